The Kier molecular flexibility index (Phi) is 5.37. The number of piperidine rings is 1. The Labute approximate surface area is 164 Å². The van der Waals surface area contributed by atoms with Crippen LogP contribution in [0.3, 0.4) is 0 Å². The molecule has 3 aromatic rings. The highest BCUT2D eigenvalue weighted by molar-refractivity contribution is 5.92. The number of rotatable bonds is 5. The molecule has 4 rings (SSSR count). The number of nitrogens with zero attached hydrogens (tertiary/aromatic N) is 4. The summed E-state index contributed by atoms with van der Waals surface area (Å²) in [5, 5.41) is 0. The number of imidazole rings is 1. The summed E-state index contributed by atoms with van der Waals surface area (Å²) in [4.78, 5) is 24.0. The zero-order valence-electron chi connectivity index (χ0n) is 16.0. The molecule has 144 valence electrons. The summed E-state index contributed by atoms with van der Waals surface area (Å²) in [7, 11) is 0. The summed E-state index contributed by atoms with van der Waals surface area (Å²) < 4.78 is 7.88. The normalized spacial score (nSPS) is 16.8. The van der Waals surface area contributed by atoms with Crippen LogP contribution in [0.2, 0.25) is 0 Å². The minimum atomic E-state index is -0.0541. The molecule has 1 atom stereocenters. The van der Waals surface area contributed by atoms with Gasteiger partial charge in [-0.25, -0.2) is 9.97 Å². The molecule has 6 heteroatoms. The molecule has 1 aromatic carbocycles. The van der Waals surface area contributed by atoms with Gasteiger partial charge in [-0.2, -0.15) is 0 Å². The molecule has 0 N–H and O–H groups in total. The van der Waals surface area contributed by atoms with Crippen molar-refractivity contribution in [3.05, 3.63) is 72.6 Å². The van der Waals surface area contributed by atoms with E-state index in [0.717, 1.165) is 43.9 Å². The van der Waals surface area contributed by atoms with Gasteiger partial charge in [0.2, 0.25) is 0 Å². The molecule has 0 bridgehead atoms. The number of hydrogen-bond donors (Lipinski definition) is 0. The third kappa shape index (κ3) is 3.76. The van der Waals surface area contributed by atoms with Gasteiger partial charge in [-0.3, -0.25) is 4.79 Å². The van der Waals surface area contributed by atoms with E-state index in [0.29, 0.717) is 11.4 Å². The average Bonchev–Trinajstić information content (AvgIpc) is 3.23. The fraction of sp³-hybridized carbons (Fsp3) is 0.318. The number of benzene rings is 1. The standard InChI is InChI=1S/C22H24N4O2/c1-2-25-15-13-23-21(25)20-10-6-7-14-26(20)22(27)19-12-11-18(16-24-19)28-17-8-4-3-5-9-17/h3-5,8-9,11-13,15-16,20H,2,6-7,10,14H2,1H3. The first kappa shape index (κ1) is 18.2. The number of amides is 1. The van der Waals surface area contributed by atoms with Crippen LogP contribution < -0.4 is 4.74 Å². The molecule has 1 saturated heterocycles. The monoisotopic (exact) mass is 376 g/mol. The molecule has 28 heavy (non-hydrogen) atoms. The summed E-state index contributed by atoms with van der Waals surface area (Å²) >= 11 is 0. The van der Waals surface area contributed by atoms with Crippen molar-refractivity contribution >= 4 is 5.91 Å². The van der Waals surface area contributed by atoms with Gasteiger partial charge < -0.3 is 14.2 Å². The largest absolute Gasteiger partial charge is 0.456 e. The number of hydrogen-bond acceptors (Lipinski definition) is 4. The molecule has 0 spiro atoms. The highest BCUT2D eigenvalue weighted by Gasteiger charge is 2.31. The van der Waals surface area contributed by atoms with E-state index in [2.05, 4.69) is 21.5 Å². The molecule has 0 saturated carbocycles. The minimum absolute atomic E-state index is 0.00162. The Hall–Kier alpha value is -3.15. The van der Waals surface area contributed by atoms with Gasteiger partial charge in [-0.05, 0) is 50.5 Å². The SMILES string of the molecule is CCn1ccnc1C1CCCCN1C(=O)c1ccc(Oc2ccccc2)cn1. The van der Waals surface area contributed by atoms with Gasteiger partial charge in [0, 0.05) is 25.5 Å². The number of likely N-dealkylation sites (tertiary alicyclic amines) is 1. The molecule has 0 aliphatic carbocycles. The van der Waals surface area contributed by atoms with Crippen molar-refractivity contribution in [2.75, 3.05) is 6.54 Å². The molecule has 1 amide bonds. The molecule has 3 heterocycles. The maximum atomic E-state index is 13.2. The molecule has 0 radical (unpaired) electrons. The topological polar surface area (TPSA) is 60.2 Å². The lowest BCUT2D eigenvalue weighted by Crippen LogP contribution is -2.40. The van der Waals surface area contributed by atoms with Crippen LogP contribution in [0, 0.1) is 0 Å². The summed E-state index contributed by atoms with van der Waals surface area (Å²) in [6.07, 6.45) is 8.42. The van der Waals surface area contributed by atoms with Crippen LogP contribution in [0.15, 0.2) is 61.1 Å². The number of pyridine rings is 1. The lowest BCUT2D eigenvalue weighted by Gasteiger charge is -2.35. The van der Waals surface area contributed by atoms with E-state index in [-0.39, 0.29) is 11.9 Å². The van der Waals surface area contributed by atoms with Gasteiger partial charge in [0.25, 0.3) is 5.91 Å². The molecular weight excluding hydrogens is 352 g/mol. The second-order valence-corrected chi connectivity index (χ2v) is 6.88. The van der Waals surface area contributed by atoms with Crippen molar-refractivity contribution in [3.63, 3.8) is 0 Å². The zero-order valence-corrected chi connectivity index (χ0v) is 16.0. The predicted octanol–water partition coefficient (Wildman–Crippen LogP) is 4.46. The minimum Gasteiger partial charge on any atom is -0.456 e. The number of para-hydroxylation sites is 1. The number of ether oxygens (including phenoxy) is 1. The van der Waals surface area contributed by atoms with E-state index >= 15 is 0 Å². The first-order chi connectivity index (χ1) is 13.8. The average molecular weight is 376 g/mol. The van der Waals surface area contributed by atoms with Crippen molar-refractivity contribution in [3.8, 4) is 11.5 Å². The maximum absolute atomic E-state index is 13.2. The summed E-state index contributed by atoms with van der Waals surface area (Å²) in [5.74, 6) is 2.26. The first-order valence-corrected chi connectivity index (χ1v) is 9.77. The van der Waals surface area contributed by atoms with Crippen LogP contribution in [0.1, 0.15) is 48.5 Å². The smallest absolute Gasteiger partial charge is 0.273 e. The molecule has 1 aliphatic rings. The third-order valence-corrected chi connectivity index (χ3v) is 5.08. The van der Waals surface area contributed by atoms with Crippen molar-refractivity contribution in [2.45, 2.75) is 38.8 Å². The van der Waals surface area contributed by atoms with Gasteiger partial charge in [-0.15, -0.1) is 0 Å². The molecule has 2 aromatic heterocycles. The Balaban J connectivity index is 1.52. The van der Waals surface area contributed by atoms with E-state index in [1.54, 1.807) is 18.3 Å². The van der Waals surface area contributed by atoms with Gasteiger partial charge >= 0.3 is 0 Å². The molecule has 6 nitrogen and oxygen atoms in total. The van der Waals surface area contributed by atoms with Crippen LogP contribution >= 0.6 is 0 Å². The quantitative estimate of drug-likeness (QED) is 0.660. The van der Waals surface area contributed by atoms with Gasteiger partial charge in [0.05, 0.1) is 12.2 Å². The highest BCUT2D eigenvalue weighted by atomic mass is 16.5. The first-order valence-electron chi connectivity index (χ1n) is 9.77. The van der Waals surface area contributed by atoms with Gasteiger partial charge in [0.1, 0.15) is 23.0 Å². The third-order valence-electron chi connectivity index (χ3n) is 5.08. The van der Waals surface area contributed by atoms with E-state index in [9.17, 15) is 4.79 Å². The number of aromatic nitrogens is 3. The summed E-state index contributed by atoms with van der Waals surface area (Å²) in [6.45, 7) is 3.66. The Morgan fingerprint density at radius 1 is 1.11 bits per heavy atom. The van der Waals surface area contributed by atoms with Crippen LogP contribution in [-0.2, 0) is 6.54 Å². The summed E-state index contributed by atoms with van der Waals surface area (Å²) in [5.41, 5.74) is 0.432. The second kappa shape index (κ2) is 8.25. The molecule has 1 fully saturated rings. The Morgan fingerprint density at radius 3 is 2.71 bits per heavy atom. The fourth-order valence-electron chi connectivity index (χ4n) is 3.67. The number of carbonyl (C=O) groups excluding carboxylic acids is 1. The van der Waals surface area contributed by atoms with Crippen molar-refractivity contribution in [2.24, 2.45) is 0 Å². The van der Waals surface area contributed by atoms with Gasteiger partial charge in [-0.1, -0.05) is 18.2 Å². The summed E-state index contributed by atoms with van der Waals surface area (Å²) in [6, 6.07) is 13.1. The van der Waals surface area contributed by atoms with E-state index in [4.69, 9.17) is 4.74 Å². The van der Waals surface area contributed by atoms with E-state index < -0.39 is 0 Å². The Morgan fingerprint density at radius 2 is 1.96 bits per heavy atom. The fourth-order valence-corrected chi connectivity index (χ4v) is 3.67. The molecule has 1 aliphatic heterocycles. The Bertz CT molecular complexity index is 921. The maximum Gasteiger partial charge on any atom is 0.273 e. The van der Waals surface area contributed by atoms with Gasteiger partial charge in [0.15, 0.2) is 0 Å². The number of carbonyl (C=O) groups is 1. The van der Waals surface area contributed by atoms with Crippen molar-refractivity contribution in [1.82, 2.24) is 19.4 Å². The van der Waals surface area contributed by atoms with Crippen LogP contribution in [0.4, 0.5) is 0 Å². The zero-order chi connectivity index (χ0) is 19.3. The van der Waals surface area contributed by atoms with E-state index in [1.165, 1.54) is 0 Å². The van der Waals surface area contributed by atoms with Crippen LogP contribution in [0.25, 0.3) is 0 Å². The lowest BCUT2D eigenvalue weighted by atomic mass is 10.0. The van der Waals surface area contributed by atoms with Crippen molar-refractivity contribution < 1.29 is 9.53 Å². The highest BCUT2D eigenvalue weighted by Crippen LogP contribution is 2.31. The lowest BCUT2D eigenvalue weighted by molar-refractivity contribution is 0.0589. The van der Waals surface area contributed by atoms with Crippen LogP contribution in [-0.4, -0.2) is 31.9 Å². The molecular formula is C22H24N4O2. The van der Waals surface area contributed by atoms with Crippen LogP contribution in [0.5, 0.6) is 11.5 Å². The van der Waals surface area contributed by atoms with Crippen molar-refractivity contribution in [1.29, 1.82) is 0 Å². The predicted molar refractivity (Wildman–Crippen MR) is 106 cm³/mol. The second-order valence-electron chi connectivity index (χ2n) is 6.88. The van der Waals surface area contributed by atoms with E-state index in [1.807, 2.05) is 47.6 Å². The molecule has 1 unspecified atom stereocenters. The number of aryl methyl sites for hydroxylation is 1.